The number of nitrogens with one attached hydrogen (secondary N) is 1. The predicted octanol–water partition coefficient (Wildman–Crippen LogP) is 1.97. The van der Waals surface area contributed by atoms with Crippen LogP contribution in [0.15, 0.2) is 54.6 Å². The number of ether oxygens (including phenoxy) is 1. The van der Waals surface area contributed by atoms with E-state index in [9.17, 15) is 14.4 Å². The summed E-state index contributed by atoms with van der Waals surface area (Å²) in [4.78, 5) is 40.6. The zero-order chi connectivity index (χ0) is 21.6. The molecule has 162 valence electrons. The molecule has 1 atom stereocenters. The van der Waals surface area contributed by atoms with Gasteiger partial charge in [-0.1, -0.05) is 42.5 Å². The Morgan fingerprint density at radius 3 is 2.10 bits per heavy atom. The molecule has 0 saturated carbocycles. The third-order valence-electron chi connectivity index (χ3n) is 5.72. The van der Waals surface area contributed by atoms with Crippen LogP contribution in [-0.4, -0.2) is 59.9 Å². The monoisotopic (exact) mass is 421 g/mol. The molecule has 1 N–H and O–H groups in total. The fourth-order valence-corrected chi connectivity index (χ4v) is 3.92. The van der Waals surface area contributed by atoms with Crippen molar-refractivity contribution in [2.45, 2.75) is 32.0 Å². The molecule has 2 fully saturated rings. The number of hydrogen-bond acceptors (Lipinski definition) is 4. The number of rotatable bonds is 7. The third-order valence-corrected chi connectivity index (χ3v) is 5.72. The number of amides is 3. The van der Waals surface area contributed by atoms with Crippen LogP contribution < -0.4 is 5.32 Å². The maximum Gasteiger partial charge on any atom is 0.312 e. The van der Waals surface area contributed by atoms with Gasteiger partial charge >= 0.3 is 11.8 Å². The molecule has 4 rings (SSSR count). The Morgan fingerprint density at radius 2 is 1.52 bits per heavy atom. The Hall–Kier alpha value is -3.19. The third kappa shape index (κ3) is 5.30. The molecule has 7 heteroatoms. The second-order valence-corrected chi connectivity index (χ2v) is 7.98. The molecule has 2 heterocycles. The standard InChI is InChI=1S/C24H27N3O4/c28-22(25-15-21-7-4-14-31-21)20-10-8-19(9-11-20)17-27-13-12-26(23(29)24(27)30)16-18-5-2-1-3-6-18/h1-3,5-6,8-11,21H,4,7,12-17H2,(H,25,28). The van der Waals surface area contributed by atoms with Gasteiger partial charge in [0.05, 0.1) is 6.10 Å². The van der Waals surface area contributed by atoms with Crippen molar-refractivity contribution in [2.75, 3.05) is 26.2 Å². The average molecular weight is 421 g/mol. The fourth-order valence-electron chi connectivity index (χ4n) is 3.92. The molecule has 3 amide bonds. The van der Waals surface area contributed by atoms with Gasteiger partial charge in [-0.25, -0.2) is 0 Å². The van der Waals surface area contributed by atoms with E-state index in [1.54, 1.807) is 21.9 Å². The molecule has 0 aliphatic carbocycles. The molecule has 2 aromatic rings. The molecule has 31 heavy (non-hydrogen) atoms. The maximum absolute atomic E-state index is 12.6. The van der Waals surface area contributed by atoms with Crippen molar-refractivity contribution in [3.8, 4) is 0 Å². The highest BCUT2D eigenvalue weighted by molar-refractivity contribution is 6.35. The van der Waals surface area contributed by atoms with E-state index >= 15 is 0 Å². The summed E-state index contributed by atoms with van der Waals surface area (Å²) in [6.45, 7) is 3.06. The van der Waals surface area contributed by atoms with Crippen LogP contribution in [-0.2, 0) is 27.4 Å². The highest BCUT2D eigenvalue weighted by Gasteiger charge is 2.32. The van der Waals surface area contributed by atoms with Gasteiger partial charge in [-0.2, -0.15) is 0 Å². The molecule has 0 radical (unpaired) electrons. The molecule has 0 bridgehead atoms. The first-order valence-corrected chi connectivity index (χ1v) is 10.7. The van der Waals surface area contributed by atoms with Gasteiger partial charge in [0.25, 0.3) is 5.91 Å². The first kappa shape index (κ1) is 21.1. The number of benzene rings is 2. The minimum Gasteiger partial charge on any atom is -0.376 e. The van der Waals surface area contributed by atoms with Crippen LogP contribution in [0, 0.1) is 0 Å². The van der Waals surface area contributed by atoms with E-state index in [1.165, 1.54) is 0 Å². The van der Waals surface area contributed by atoms with Crippen molar-refractivity contribution in [1.29, 1.82) is 0 Å². The summed E-state index contributed by atoms with van der Waals surface area (Å²) in [5.41, 5.74) is 2.45. The zero-order valence-electron chi connectivity index (χ0n) is 17.5. The van der Waals surface area contributed by atoms with Crippen molar-refractivity contribution < 1.29 is 19.1 Å². The Kier molecular flexibility index (Phi) is 6.62. The maximum atomic E-state index is 12.6. The molecule has 2 saturated heterocycles. The lowest BCUT2D eigenvalue weighted by Gasteiger charge is -2.33. The molecular weight excluding hydrogens is 394 g/mol. The minimum atomic E-state index is -0.486. The van der Waals surface area contributed by atoms with Crippen molar-refractivity contribution in [3.63, 3.8) is 0 Å². The quantitative estimate of drug-likeness (QED) is 0.694. The van der Waals surface area contributed by atoms with E-state index in [-0.39, 0.29) is 12.0 Å². The first-order valence-electron chi connectivity index (χ1n) is 10.7. The summed E-state index contributed by atoms with van der Waals surface area (Å²) in [5.74, 6) is -1.09. The summed E-state index contributed by atoms with van der Waals surface area (Å²) in [7, 11) is 0. The lowest BCUT2D eigenvalue weighted by Crippen LogP contribution is -2.53. The van der Waals surface area contributed by atoms with Crippen molar-refractivity contribution in [1.82, 2.24) is 15.1 Å². The summed E-state index contributed by atoms with van der Waals surface area (Å²) in [6, 6.07) is 16.8. The van der Waals surface area contributed by atoms with Gasteiger partial charge in [0.1, 0.15) is 0 Å². The lowest BCUT2D eigenvalue weighted by molar-refractivity contribution is -0.156. The number of carbonyl (C=O) groups is 3. The van der Waals surface area contributed by atoms with Crippen LogP contribution >= 0.6 is 0 Å². The first-order chi connectivity index (χ1) is 15.1. The van der Waals surface area contributed by atoms with Crippen LogP contribution in [0.1, 0.15) is 34.3 Å². The van der Waals surface area contributed by atoms with Crippen LogP contribution in [0.2, 0.25) is 0 Å². The number of nitrogens with zero attached hydrogens (tertiary/aromatic N) is 2. The van der Waals surface area contributed by atoms with Crippen molar-refractivity contribution in [3.05, 3.63) is 71.3 Å². The summed E-state index contributed by atoms with van der Waals surface area (Å²) in [6.07, 6.45) is 2.12. The largest absolute Gasteiger partial charge is 0.376 e. The van der Waals surface area contributed by atoms with Crippen LogP contribution in [0.25, 0.3) is 0 Å². The van der Waals surface area contributed by atoms with Crippen LogP contribution in [0.3, 0.4) is 0 Å². The molecule has 2 aliphatic rings. The van der Waals surface area contributed by atoms with Gasteiger partial charge in [0.15, 0.2) is 0 Å². The molecule has 0 spiro atoms. The number of piperazine rings is 1. The summed E-state index contributed by atoms with van der Waals surface area (Å²) in [5, 5.41) is 2.90. The average Bonchev–Trinajstić information content (AvgIpc) is 3.32. The van der Waals surface area contributed by atoms with Gasteiger partial charge in [0.2, 0.25) is 0 Å². The van der Waals surface area contributed by atoms with Gasteiger partial charge < -0.3 is 19.9 Å². The second kappa shape index (κ2) is 9.75. The molecule has 1 unspecified atom stereocenters. The van der Waals surface area contributed by atoms with E-state index in [2.05, 4.69) is 5.32 Å². The fraction of sp³-hybridized carbons (Fsp3) is 0.375. The van der Waals surface area contributed by atoms with Crippen LogP contribution in [0.4, 0.5) is 0 Å². The lowest BCUT2D eigenvalue weighted by atomic mass is 10.1. The Bertz CT molecular complexity index is 924. The van der Waals surface area contributed by atoms with Gasteiger partial charge in [-0.05, 0) is 36.1 Å². The van der Waals surface area contributed by atoms with E-state index in [0.717, 1.165) is 30.6 Å². The summed E-state index contributed by atoms with van der Waals surface area (Å²) >= 11 is 0. The zero-order valence-corrected chi connectivity index (χ0v) is 17.5. The van der Waals surface area contributed by atoms with E-state index < -0.39 is 11.8 Å². The Morgan fingerprint density at radius 1 is 0.903 bits per heavy atom. The predicted molar refractivity (Wildman–Crippen MR) is 115 cm³/mol. The molecule has 2 aliphatic heterocycles. The normalized spacial score (nSPS) is 19.0. The highest BCUT2D eigenvalue weighted by atomic mass is 16.5. The molecular formula is C24H27N3O4. The summed E-state index contributed by atoms with van der Waals surface area (Å²) < 4.78 is 5.52. The smallest absolute Gasteiger partial charge is 0.312 e. The Labute approximate surface area is 182 Å². The number of hydrogen-bond donors (Lipinski definition) is 1. The van der Waals surface area contributed by atoms with Gasteiger partial charge in [0, 0.05) is 44.9 Å². The highest BCUT2D eigenvalue weighted by Crippen LogP contribution is 2.15. The SMILES string of the molecule is O=C(NCC1CCCO1)c1ccc(CN2CCN(Cc3ccccc3)C(=O)C2=O)cc1. The van der Waals surface area contributed by atoms with Gasteiger partial charge in [-0.3, -0.25) is 14.4 Å². The van der Waals surface area contributed by atoms with E-state index in [1.807, 2.05) is 42.5 Å². The van der Waals surface area contributed by atoms with Crippen LogP contribution in [0.5, 0.6) is 0 Å². The van der Waals surface area contributed by atoms with Crippen molar-refractivity contribution >= 4 is 17.7 Å². The minimum absolute atomic E-state index is 0.104. The molecule has 0 aromatic heterocycles. The number of carbonyl (C=O) groups excluding carboxylic acids is 3. The molecule has 7 nitrogen and oxygen atoms in total. The van der Waals surface area contributed by atoms with Crippen molar-refractivity contribution in [2.24, 2.45) is 0 Å². The van der Waals surface area contributed by atoms with Gasteiger partial charge in [-0.15, -0.1) is 0 Å². The Balaban J connectivity index is 1.29. The second-order valence-electron chi connectivity index (χ2n) is 7.98. The van der Waals surface area contributed by atoms with E-state index in [4.69, 9.17) is 4.74 Å². The molecule has 2 aromatic carbocycles. The van der Waals surface area contributed by atoms with E-state index in [0.29, 0.717) is 38.3 Å². The topological polar surface area (TPSA) is 79.0 Å².